The van der Waals surface area contributed by atoms with Crippen molar-refractivity contribution in [3.8, 4) is 5.75 Å². The molecule has 1 fully saturated rings. The Bertz CT molecular complexity index is 691. The van der Waals surface area contributed by atoms with Crippen molar-refractivity contribution in [2.24, 2.45) is 0 Å². The molecule has 1 atom stereocenters. The van der Waals surface area contributed by atoms with Crippen LogP contribution in [-0.2, 0) is 9.59 Å². The van der Waals surface area contributed by atoms with Crippen molar-refractivity contribution < 1.29 is 28.2 Å². The Kier molecular flexibility index (Phi) is 3.78. The molecule has 0 radical (unpaired) electrons. The van der Waals surface area contributed by atoms with Crippen molar-refractivity contribution in [1.29, 1.82) is 0 Å². The molecule has 2 aliphatic heterocycles. The van der Waals surface area contributed by atoms with Crippen molar-refractivity contribution >= 4 is 23.6 Å². The highest BCUT2D eigenvalue weighted by atomic mass is 32.2. The van der Waals surface area contributed by atoms with Crippen LogP contribution < -0.4 is 4.74 Å². The topological polar surface area (TPSA) is 66.8 Å². The number of carboxylic acids is 1. The molecule has 1 aromatic rings. The number of halogens is 2. The number of rotatable bonds is 4. The summed E-state index contributed by atoms with van der Waals surface area (Å²) in [6.07, 6.45) is 0.332. The Labute approximate surface area is 128 Å². The summed E-state index contributed by atoms with van der Waals surface area (Å²) in [6, 6.07) is 3.08. The van der Waals surface area contributed by atoms with Gasteiger partial charge in [-0.1, -0.05) is 0 Å². The molecule has 0 bridgehead atoms. The lowest BCUT2D eigenvalue weighted by Gasteiger charge is -2.43. The zero-order valence-electron chi connectivity index (χ0n) is 11.2. The lowest BCUT2D eigenvalue weighted by Crippen LogP contribution is -2.54. The molecule has 0 spiro atoms. The van der Waals surface area contributed by atoms with E-state index in [4.69, 9.17) is 4.74 Å². The summed E-state index contributed by atoms with van der Waals surface area (Å²) in [7, 11) is 0. The van der Waals surface area contributed by atoms with Crippen LogP contribution in [-0.4, -0.2) is 39.6 Å². The first-order chi connectivity index (χ1) is 10.5. The molecule has 22 heavy (non-hydrogen) atoms. The molecule has 2 heterocycles. The van der Waals surface area contributed by atoms with Crippen LogP contribution in [0.2, 0.25) is 0 Å². The Morgan fingerprint density at radius 1 is 1.41 bits per heavy atom. The molecule has 1 amide bonds. The number of ether oxygens (including phenoxy) is 1. The van der Waals surface area contributed by atoms with Gasteiger partial charge in [0, 0.05) is 17.4 Å². The molecule has 0 saturated carbocycles. The van der Waals surface area contributed by atoms with Crippen LogP contribution in [0, 0.1) is 11.6 Å². The number of nitrogens with zero attached hydrogens (tertiary/aromatic N) is 1. The van der Waals surface area contributed by atoms with Gasteiger partial charge < -0.3 is 9.84 Å². The lowest BCUT2D eigenvalue weighted by molar-refractivity contribution is -0.146. The molecule has 8 heteroatoms. The molecule has 3 rings (SSSR count). The van der Waals surface area contributed by atoms with Gasteiger partial charge in [-0.25, -0.2) is 13.6 Å². The zero-order valence-corrected chi connectivity index (χ0v) is 12.0. The third-order valence-electron chi connectivity index (χ3n) is 3.44. The number of hydrogen-bond acceptors (Lipinski definition) is 4. The fourth-order valence-electron chi connectivity index (χ4n) is 2.33. The smallest absolute Gasteiger partial charge is 0.352 e. The molecule has 1 saturated heterocycles. The van der Waals surface area contributed by atoms with Crippen LogP contribution in [0.4, 0.5) is 8.78 Å². The van der Waals surface area contributed by atoms with Crippen molar-refractivity contribution in [2.75, 3.05) is 12.4 Å². The summed E-state index contributed by atoms with van der Waals surface area (Å²) in [5, 5.41) is 9.17. The third-order valence-corrected chi connectivity index (χ3v) is 4.72. The summed E-state index contributed by atoms with van der Waals surface area (Å²) < 4.78 is 31.3. The van der Waals surface area contributed by atoms with E-state index in [1.165, 1.54) is 22.7 Å². The fourth-order valence-corrected chi connectivity index (χ4v) is 3.57. The first-order valence-electron chi connectivity index (χ1n) is 6.44. The average molecular weight is 327 g/mol. The predicted molar refractivity (Wildman–Crippen MR) is 74.2 cm³/mol. The number of carboxylic acid groups (broad SMARTS) is 1. The molecule has 0 aromatic heterocycles. The van der Waals surface area contributed by atoms with E-state index in [1.54, 1.807) is 0 Å². The number of hydrogen-bond donors (Lipinski definition) is 1. The molecule has 0 aliphatic carbocycles. The highest BCUT2D eigenvalue weighted by Crippen LogP contribution is 2.39. The normalized spacial score (nSPS) is 20.5. The number of β-lactam (4-membered cyclic amide) rings is 1. The highest BCUT2D eigenvalue weighted by Gasteiger charge is 2.45. The molecule has 1 N–H and O–H groups in total. The summed E-state index contributed by atoms with van der Waals surface area (Å²) >= 11 is 1.46. The van der Waals surface area contributed by atoms with Gasteiger partial charge in [0.2, 0.25) is 5.91 Å². The van der Waals surface area contributed by atoms with E-state index in [9.17, 15) is 23.5 Å². The van der Waals surface area contributed by atoms with E-state index in [-0.39, 0.29) is 29.3 Å². The minimum absolute atomic E-state index is 0.0671. The van der Waals surface area contributed by atoms with E-state index in [1.807, 2.05) is 0 Å². The number of thioether (sulfide) groups is 1. The Morgan fingerprint density at radius 3 is 2.82 bits per heavy atom. The van der Waals surface area contributed by atoms with Gasteiger partial charge in [-0.05, 0) is 12.1 Å². The van der Waals surface area contributed by atoms with Crippen molar-refractivity contribution in [2.45, 2.75) is 11.8 Å². The second kappa shape index (κ2) is 5.60. The van der Waals surface area contributed by atoms with Gasteiger partial charge in [0.05, 0.1) is 11.8 Å². The number of fused-ring (bicyclic) bond motifs is 1. The van der Waals surface area contributed by atoms with Crippen molar-refractivity contribution in [3.05, 3.63) is 41.1 Å². The average Bonchev–Trinajstić information content (AvgIpc) is 2.47. The number of carbonyl (C=O) groups is 2. The van der Waals surface area contributed by atoms with Gasteiger partial charge in [-0.3, -0.25) is 9.69 Å². The SMILES string of the molecule is O=C(O)C1=C(COc2ccc(F)c(F)c2)CS[C@@H]2CC(=O)N12. The summed E-state index contributed by atoms with van der Waals surface area (Å²) in [5.41, 5.74) is 0.370. The summed E-state index contributed by atoms with van der Waals surface area (Å²) in [6.45, 7) is -0.101. The van der Waals surface area contributed by atoms with E-state index in [0.29, 0.717) is 17.7 Å². The van der Waals surface area contributed by atoms with E-state index < -0.39 is 17.6 Å². The maximum absolute atomic E-state index is 13.1. The van der Waals surface area contributed by atoms with Gasteiger partial charge in [-0.2, -0.15) is 0 Å². The van der Waals surface area contributed by atoms with Gasteiger partial charge in [0.1, 0.15) is 18.1 Å². The van der Waals surface area contributed by atoms with Crippen LogP contribution in [0.5, 0.6) is 5.75 Å². The van der Waals surface area contributed by atoms with Gasteiger partial charge >= 0.3 is 5.97 Å². The van der Waals surface area contributed by atoms with E-state index in [2.05, 4.69) is 0 Å². The Morgan fingerprint density at radius 2 is 2.18 bits per heavy atom. The van der Waals surface area contributed by atoms with E-state index in [0.717, 1.165) is 12.1 Å². The Balaban J connectivity index is 1.80. The minimum Gasteiger partial charge on any atom is -0.489 e. The number of carbonyl (C=O) groups excluding carboxylic acids is 1. The zero-order chi connectivity index (χ0) is 15.9. The first kappa shape index (κ1) is 14.8. The van der Waals surface area contributed by atoms with Crippen LogP contribution in [0.25, 0.3) is 0 Å². The molecule has 2 aliphatic rings. The molecule has 1 aromatic carbocycles. The quantitative estimate of drug-likeness (QED) is 0.857. The monoisotopic (exact) mass is 327 g/mol. The van der Waals surface area contributed by atoms with Gasteiger partial charge in [0.15, 0.2) is 11.6 Å². The number of aliphatic carboxylic acids is 1. The minimum atomic E-state index is -1.19. The lowest BCUT2D eigenvalue weighted by atomic mass is 10.1. The maximum Gasteiger partial charge on any atom is 0.352 e. The maximum atomic E-state index is 13.1. The fraction of sp³-hybridized carbons (Fsp3) is 0.286. The van der Waals surface area contributed by atoms with Crippen molar-refractivity contribution in [3.63, 3.8) is 0 Å². The Hall–Kier alpha value is -2.09. The third kappa shape index (κ3) is 2.54. The molecular weight excluding hydrogens is 316 g/mol. The second-order valence-corrected chi connectivity index (χ2v) is 6.02. The first-order valence-corrected chi connectivity index (χ1v) is 7.49. The molecule has 5 nitrogen and oxygen atoms in total. The molecule has 116 valence electrons. The van der Waals surface area contributed by atoms with Crippen LogP contribution in [0.1, 0.15) is 6.42 Å². The largest absolute Gasteiger partial charge is 0.489 e. The van der Waals surface area contributed by atoms with Gasteiger partial charge in [0.25, 0.3) is 0 Å². The van der Waals surface area contributed by atoms with Crippen LogP contribution in [0.15, 0.2) is 29.5 Å². The number of benzene rings is 1. The van der Waals surface area contributed by atoms with Crippen LogP contribution >= 0.6 is 11.8 Å². The summed E-state index contributed by atoms with van der Waals surface area (Å²) in [4.78, 5) is 24.2. The van der Waals surface area contributed by atoms with E-state index >= 15 is 0 Å². The van der Waals surface area contributed by atoms with Crippen molar-refractivity contribution in [1.82, 2.24) is 4.90 Å². The summed E-state index contributed by atoms with van der Waals surface area (Å²) in [5.74, 6) is -2.94. The molecular formula is C14H11F2NO4S. The molecule has 0 unspecified atom stereocenters. The van der Waals surface area contributed by atoms with Gasteiger partial charge in [-0.15, -0.1) is 11.8 Å². The predicted octanol–water partition coefficient (Wildman–Crippen LogP) is 1.99. The second-order valence-electron chi connectivity index (χ2n) is 4.86. The van der Waals surface area contributed by atoms with Crippen LogP contribution in [0.3, 0.4) is 0 Å². The number of amides is 1. The standard InChI is InChI=1S/C14H11F2NO4S/c15-9-2-1-8(3-10(9)16)21-5-7-6-22-12-4-11(18)17(12)13(7)14(19)20/h1-3,12H,4-6H2,(H,19,20)/t12-/m1/s1. The highest BCUT2D eigenvalue weighted by molar-refractivity contribution is 8.00.